The lowest BCUT2D eigenvalue weighted by Crippen LogP contribution is -2.30. The van der Waals surface area contributed by atoms with Crippen molar-refractivity contribution in [1.82, 2.24) is 0 Å². The Labute approximate surface area is 383 Å². The van der Waals surface area contributed by atoms with Crippen molar-refractivity contribution in [2.24, 2.45) is 0 Å². The maximum absolute atomic E-state index is 12.8. The number of carbonyl (C=O) groups is 3. The van der Waals surface area contributed by atoms with Crippen LogP contribution in [0.4, 0.5) is 0 Å². The van der Waals surface area contributed by atoms with Gasteiger partial charge in [-0.25, -0.2) is 0 Å². The molecular formula is C56H98O6. The summed E-state index contributed by atoms with van der Waals surface area (Å²) in [6.45, 7) is 6.46. The number of carbonyl (C=O) groups excluding carboxylic acids is 3. The van der Waals surface area contributed by atoms with Gasteiger partial charge in [-0.3, -0.25) is 14.4 Å². The second-order valence-electron chi connectivity index (χ2n) is 17.4. The summed E-state index contributed by atoms with van der Waals surface area (Å²) in [4.78, 5) is 37.9. The van der Waals surface area contributed by atoms with Crippen LogP contribution in [-0.4, -0.2) is 37.2 Å². The van der Waals surface area contributed by atoms with Crippen LogP contribution in [0.2, 0.25) is 0 Å². The van der Waals surface area contributed by atoms with E-state index >= 15 is 0 Å². The fourth-order valence-corrected chi connectivity index (χ4v) is 7.33. The van der Waals surface area contributed by atoms with Crippen molar-refractivity contribution in [2.45, 2.75) is 264 Å². The van der Waals surface area contributed by atoms with Crippen LogP contribution in [0.25, 0.3) is 0 Å². The molecule has 0 aromatic carbocycles. The van der Waals surface area contributed by atoms with Crippen molar-refractivity contribution in [1.29, 1.82) is 0 Å². The van der Waals surface area contributed by atoms with E-state index in [1.165, 1.54) is 148 Å². The average molecular weight is 867 g/mol. The van der Waals surface area contributed by atoms with Gasteiger partial charge in [0.05, 0.1) is 0 Å². The van der Waals surface area contributed by atoms with Crippen LogP contribution in [0.15, 0.2) is 60.8 Å². The van der Waals surface area contributed by atoms with Crippen molar-refractivity contribution in [2.75, 3.05) is 13.2 Å². The molecular weight excluding hydrogens is 769 g/mol. The summed E-state index contributed by atoms with van der Waals surface area (Å²) < 4.78 is 16.7. The number of rotatable bonds is 47. The second-order valence-corrected chi connectivity index (χ2v) is 17.4. The highest BCUT2D eigenvalue weighted by Gasteiger charge is 2.19. The monoisotopic (exact) mass is 867 g/mol. The van der Waals surface area contributed by atoms with Gasteiger partial charge in [-0.05, 0) is 70.6 Å². The SMILES string of the molecule is CC/C=C\C/C=C\C/C=C\C/C=C\CCC(=O)OCC(COC(=O)CCCCCCCCC/C=C\CCCCCCCC)OC(=O)CCCCCCCCCCCCCCCC. The lowest BCUT2D eigenvalue weighted by Gasteiger charge is -2.18. The predicted molar refractivity (Wildman–Crippen MR) is 265 cm³/mol. The molecule has 0 spiro atoms. The van der Waals surface area contributed by atoms with E-state index in [-0.39, 0.29) is 37.5 Å². The summed E-state index contributed by atoms with van der Waals surface area (Å²) in [7, 11) is 0. The number of unbranched alkanes of at least 4 members (excludes halogenated alkanes) is 26. The zero-order valence-corrected chi connectivity index (χ0v) is 40.9. The highest BCUT2D eigenvalue weighted by atomic mass is 16.6. The molecule has 358 valence electrons. The molecule has 62 heavy (non-hydrogen) atoms. The smallest absolute Gasteiger partial charge is 0.306 e. The molecule has 0 heterocycles. The molecule has 6 nitrogen and oxygen atoms in total. The van der Waals surface area contributed by atoms with Gasteiger partial charge < -0.3 is 14.2 Å². The maximum atomic E-state index is 12.8. The molecule has 0 rings (SSSR count). The van der Waals surface area contributed by atoms with Crippen LogP contribution in [0, 0.1) is 0 Å². The first-order chi connectivity index (χ1) is 30.5. The molecule has 0 aliphatic carbocycles. The second kappa shape index (κ2) is 50.8. The average Bonchev–Trinajstić information content (AvgIpc) is 3.27. The Kier molecular flexibility index (Phi) is 48.4. The standard InChI is InChI=1S/C56H98O6/c1-4-7-10-13-16-19-22-25-27-28-29-32-34-37-40-43-46-49-55(58)61-52-53(51-60-54(57)48-45-42-39-36-33-30-24-21-18-15-12-9-6-3)62-56(59)50-47-44-41-38-35-31-26-23-20-17-14-11-8-5-2/h9,12,18,21,25,27,30,33,39,42,53H,4-8,10-11,13-17,19-20,22-24,26,28-29,31-32,34-38,40-41,43-52H2,1-3H3/b12-9-,21-18-,27-25-,33-30-,42-39-. The van der Waals surface area contributed by atoms with Gasteiger partial charge in [-0.1, -0.05) is 229 Å². The van der Waals surface area contributed by atoms with E-state index < -0.39 is 6.10 Å². The molecule has 0 saturated heterocycles. The van der Waals surface area contributed by atoms with Crippen LogP contribution in [0.3, 0.4) is 0 Å². The molecule has 1 unspecified atom stereocenters. The highest BCUT2D eigenvalue weighted by Crippen LogP contribution is 2.15. The zero-order valence-electron chi connectivity index (χ0n) is 40.9. The first kappa shape index (κ1) is 59.1. The molecule has 6 heteroatoms. The third kappa shape index (κ3) is 48.1. The normalized spacial score (nSPS) is 12.5. The van der Waals surface area contributed by atoms with Crippen LogP contribution < -0.4 is 0 Å². The summed E-state index contributed by atoms with van der Waals surface area (Å²) in [5.41, 5.74) is 0. The molecule has 0 fully saturated rings. The zero-order chi connectivity index (χ0) is 45.1. The molecule has 0 aromatic rings. The Morgan fingerprint density at radius 3 is 1.08 bits per heavy atom. The fraction of sp³-hybridized carbons (Fsp3) is 0.768. The summed E-state index contributed by atoms with van der Waals surface area (Å²) in [5.74, 6) is -0.978. The third-order valence-corrected chi connectivity index (χ3v) is 11.3. The molecule has 0 aromatic heterocycles. The number of hydrogen-bond acceptors (Lipinski definition) is 6. The van der Waals surface area contributed by atoms with Crippen molar-refractivity contribution >= 4 is 17.9 Å². The quantitative estimate of drug-likeness (QED) is 0.0262. The van der Waals surface area contributed by atoms with Gasteiger partial charge in [-0.15, -0.1) is 0 Å². The first-order valence-electron chi connectivity index (χ1n) is 26.3. The number of esters is 3. The predicted octanol–water partition coefficient (Wildman–Crippen LogP) is 17.3. The third-order valence-electron chi connectivity index (χ3n) is 11.3. The van der Waals surface area contributed by atoms with Crippen molar-refractivity contribution in [3.63, 3.8) is 0 Å². The summed E-state index contributed by atoms with van der Waals surface area (Å²) in [6.07, 6.45) is 62.2. The number of hydrogen-bond donors (Lipinski definition) is 0. The van der Waals surface area contributed by atoms with Crippen molar-refractivity contribution < 1.29 is 28.6 Å². The molecule has 1 atom stereocenters. The Morgan fingerprint density at radius 2 is 0.661 bits per heavy atom. The van der Waals surface area contributed by atoms with Gasteiger partial charge >= 0.3 is 17.9 Å². The Bertz CT molecular complexity index is 1130. The van der Waals surface area contributed by atoms with Crippen LogP contribution in [-0.2, 0) is 28.6 Å². The van der Waals surface area contributed by atoms with Gasteiger partial charge in [-0.2, -0.15) is 0 Å². The molecule has 0 aliphatic heterocycles. The van der Waals surface area contributed by atoms with E-state index in [0.29, 0.717) is 19.3 Å². The summed E-state index contributed by atoms with van der Waals surface area (Å²) >= 11 is 0. The molecule has 0 aliphatic rings. The van der Waals surface area contributed by atoms with E-state index in [9.17, 15) is 14.4 Å². The summed E-state index contributed by atoms with van der Waals surface area (Å²) in [5, 5.41) is 0. The van der Waals surface area contributed by atoms with E-state index in [1.54, 1.807) is 0 Å². The van der Waals surface area contributed by atoms with Gasteiger partial charge in [0, 0.05) is 19.3 Å². The van der Waals surface area contributed by atoms with E-state index in [2.05, 4.69) is 75.5 Å². The van der Waals surface area contributed by atoms with Gasteiger partial charge in [0.15, 0.2) is 6.10 Å². The molecule has 0 saturated carbocycles. The van der Waals surface area contributed by atoms with E-state index in [4.69, 9.17) is 14.2 Å². The van der Waals surface area contributed by atoms with Gasteiger partial charge in [0.1, 0.15) is 13.2 Å². The largest absolute Gasteiger partial charge is 0.462 e. The molecule has 0 amide bonds. The first-order valence-corrected chi connectivity index (χ1v) is 26.3. The minimum absolute atomic E-state index is 0.0964. The number of ether oxygens (including phenoxy) is 3. The van der Waals surface area contributed by atoms with Gasteiger partial charge in [0.2, 0.25) is 0 Å². The maximum Gasteiger partial charge on any atom is 0.306 e. The summed E-state index contributed by atoms with van der Waals surface area (Å²) in [6, 6.07) is 0. The van der Waals surface area contributed by atoms with Crippen LogP contribution in [0.5, 0.6) is 0 Å². The van der Waals surface area contributed by atoms with E-state index in [0.717, 1.165) is 64.2 Å². The Morgan fingerprint density at radius 1 is 0.339 bits per heavy atom. The fourth-order valence-electron chi connectivity index (χ4n) is 7.33. The lowest BCUT2D eigenvalue weighted by atomic mass is 10.0. The topological polar surface area (TPSA) is 78.9 Å². The Balaban J connectivity index is 4.43. The van der Waals surface area contributed by atoms with Gasteiger partial charge in [0.25, 0.3) is 0 Å². The van der Waals surface area contributed by atoms with Crippen molar-refractivity contribution in [3.05, 3.63) is 60.8 Å². The van der Waals surface area contributed by atoms with Crippen LogP contribution in [0.1, 0.15) is 258 Å². The highest BCUT2D eigenvalue weighted by molar-refractivity contribution is 5.71. The minimum Gasteiger partial charge on any atom is -0.462 e. The molecule has 0 bridgehead atoms. The molecule has 0 N–H and O–H groups in total. The minimum atomic E-state index is -0.801. The molecule has 0 radical (unpaired) electrons. The van der Waals surface area contributed by atoms with Crippen LogP contribution >= 0.6 is 0 Å². The Hall–Kier alpha value is -2.89. The number of allylic oxidation sites excluding steroid dienone is 10. The lowest BCUT2D eigenvalue weighted by molar-refractivity contribution is -0.166. The van der Waals surface area contributed by atoms with Crippen molar-refractivity contribution in [3.8, 4) is 0 Å². The van der Waals surface area contributed by atoms with E-state index in [1.807, 2.05) is 6.08 Å².